The highest BCUT2D eigenvalue weighted by molar-refractivity contribution is 14.0. The summed E-state index contributed by atoms with van der Waals surface area (Å²) in [7, 11) is 0. The number of carbonyl (C=O) groups is 1. The fraction of sp³-hybridized carbons (Fsp3) is 0.895. The average molecular weight is 481 g/mol. The largest absolute Gasteiger partial charge is 0.370 e. The molecule has 1 aliphatic heterocycles. The zero-order valence-electron chi connectivity index (χ0n) is 16.9. The molecule has 154 valence electrons. The maximum absolute atomic E-state index is 11.2. The van der Waals surface area contributed by atoms with Gasteiger partial charge in [-0.3, -0.25) is 9.79 Å². The Kier molecular flexibility index (Phi) is 14.2. The number of piperidine rings is 1. The molecule has 1 saturated heterocycles. The van der Waals surface area contributed by atoms with Gasteiger partial charge in [0.2, 0.25) is 5.91 Å². The topological polar surface area (TPSA) is 96.7 Å². The Hall–Kier alpha value is -0.570. The van der Waals surface area contributed by atoms with Crippen LogP contribution in [0.25, 0.3) is 0 Å². The molecule has 6 nitrogen and oxygen atoms in total. The van der Waals surface area contributed by atoms with Crippen LogP contribution in [0.5, 0.6) is 0 Å². The van der Waals surface area contributed by atoms with E-state index in [2.05, 4.69) is 36.0 Å². The highest BCUT2D eigenvalue weighted by Gasteiger charge is 2.22. The molecular weight excluding hydrogens is 441 g/mol. The van der Waals surface area contributed by atoms with Crippen LogP contribution in [0.2, 0.25) is 0 Å². The van der Waals surface area contributed by atoms with Crippen molar-refractivity contribution in [2.45, 2.75) is 71.8 Å². The van der Waals surface area contributed by atoms with Crippen molar-refractivity contribution in [1.82, 2.24) is 10.2 Å². The van der Waals surface area contributed by atoms with Crippen LogP contribution in [0.3, 0.4) is 0 Å². The minimum atomic E-state index is -0.143. The van der Waals surface area contributed by atoms with Crippen LogP contribution >= 0.6 is 24.0 Å². The van der Waals surface area contributed by atoms with Gasteiger partial charge in [-0.05, 0) is 64.6 Å². The van der Waals surface area contributed by atoms with Crippen LogP contribution in [0.1, 0.15) is 65.7 Å². The minimum absolute atomic E-state index is 0. The second kappa shape index (κ2) is 14.5. The number of hydrogen-bond donors (Lipinski definition) is 3. The molecular formula is C19H40IN5O. The van der Waals surface area contributed by atoms with Crippen molar-refractivity contribution in [3.63, 3.8) is 0 Å². The molecule has 0 aromatic carbocycles. The molecule has 1 aliphatic rings. The standard InChI is InChI=1S/C19H39N5O.HI/c1-15(2)7-6-8-16(3)23-19(21)22-11-4-5-12-24-13-9-17(10-14-24)18(20)25;/h15-17H,4-14H2,1-3H3,(H2,20,25)(H3,21,22,23);1H. The van der Waals surface area contributed by atoms with Gasteiger partial charge in [0.15, 0.2) is 5.96 Å². The van der Waals surface area contributed by atoms with E-state index in [9.17, 15) is 4.79 Å². The summed E-state index contributed by atoms with van der Waals surface area (Å²) in [4.78, 5) is 18.0. The van der Waals surface area contributed by atoms with Crippen molar-refractivity contribution in [1.29, 1.82) is 0 Å². The van der Waals surface area contributed by atoms with Gasteiger partial charge in [0, 0.05) is 18.5 Å². The fourth-order valence-electron chi connectivity index (χ4n) is 3.29. The second-order valence-corrected chi connectivity index (χ2v) is 7.86. The van der Waals surface area contributed by atoms with Gasteiger partial charge in [-0.15, -0.1) is 24.0 Å². The first-order valence-electron chi connectivity index (χ1n) is 9.96. The number of primary amides is 1. The first-order chi connectivity index (χ1) is 11.9. The van der Waals surface area contributed by atoms with Crippen LogP contribution < -0.4 is 16.8 Å². The maximum atomic E-state index is 11.2. The number of nitrogens with one attached hydrogen (secondary N) is 1. The lowest BCUT2D eigenvalue weighted by Gasteiger charge is -2.30. The number of aliphatic imine (C=N–C) groups is 1. The number of hydrogen-bond acceptors (Lipinski definition) is 3. The Morgan fingerprint density at radius 3 is 2.35 bits per heavy atom. The summed E-state index contributed by atoms with van der Waals surface area (Å²) in [5, 5.41) is 3.28. The van der Waals surface area contributed by atoms with E-state index in [4.69, 9.17) is 11.5 Å². The van der Waals surface area contributed by atoms with E-state index < -0.39 is 0 Å². The maximum Gasteiger partial charge on any atom is 0.220 e. The third kappa shape index (κ3) is 11.9. The predicted molar refractivity (Wildman–Crippen MR) is 121 cm³/mol. The van der Waals surface area contributed by atoms with Gasteiger partial charge in [-0.1, -0.05) is 26.7 Å². The Bertz CT molecular complexity index is 409. The molecule has 1 heterocycles. The van der Waals surface area contributed by atoms with Gasteiger partial charge in [0.05, 0.1) is 0 Å². The average Bonchev–Trinajstić information content (AvgIpc) is 2.54. The normalized spacial score (nSPS) is 17.8. The van der Waals surface area contributed by atoms with Crippen molar-refractivity contribution in [2.75, 3.05) is 26.2 Å². The van der Waals surface area contributed by atoms with E-state index in [1.807, 2.05) is 0 Å². The van der Waals surface area contributed by atoms with Gasteiger partial charge in [0.1, 0.15) is 0 Å². The molecule has 0 saturated carbocycles. The highest BCUT2D eigenvalue weighted by atomic mass is 127. The molecule has 0 aromatic heterocycles. The van der Waals surface area contributed by atoms with Gasteiger partial charge < -0.3 is 21.7 Å². The number of nitrogens with zero attached hydrogens (tertiary/aromatic N) is 2. The fourth-order valence-corrected chi connectivity index (χ4v) is 3.29. The lowest BCUT2D eigenvalue weighted by Crippen LogP contribution is -2.39. The Morgan fingerprint density at radius 2 is 1.77 bits per heavy atom. The summed E-state index contributed by atoms with van der Waals surface area (Å²) in [5.74, 6) is 1.27. The monoisotopic (exact) mass is 481 g/mol. The first kappa shape index (κ1) is 25.4. The molecule has 0 radical (unpaired) electrons. The summed E-state index contributed by atoms with van der Waals surface area (Å²) in [6.07, 6.45) is 7.58. The zero-order chi connectivity index (χ0) is 18.7. The summed E-state index contributed by atoms with van der Waals surface area (Å²) in [6.45, 7) is 10.5. The first-order valence-corrected chi connectivity index (χ1v) is 9.96. The number of guanidine groups is 1. The van der Waals surface area contributed by atoms with Crippen LogP contribution in [-0.2, 0) is 4.79 Å². The molecule has 0 spiro atoms. The van der Waals surface area contributed by atoms with Crippen molar-refractivity contribution in [3.05, 3.63) is 0 Å². The number of likely N-dealkylation sites (tertiary alicyclic amines) is 1. The van der Waals surface area contributed by atoms with Gasteiger partial charge in [-0.2, -0.15) is 0 Å². The minimum Gasteiger partial charge on any atom is -0.370 e. The molecule has 0 aromatic rings. The van der Waals surface area contributed by atoms with Crippen LogP contribution in [0.15, 0.2) is 4.99 Å². The molecule has 5 N–H and O–H groups in total. The number of unbranched alkanes of at least 4 members (excludes halogenated alkanes) is 1. The molecule has 0 aliphatic carbocycles. The number of halogens is 1. The highest BCUT2D eigenvalue weighted by Crippen LogP contribution is 2.16. The molecule has 1 amide bonds. The Labute approximate surface area is 176 Å². The molecule has 1 fully saturated rings. The van der Waals surface area contributed by atoms with Crippen LogP contribution in [0, 0.1) is 11.8 Å². The van der Waals surface area contributed by atoms with Gasteiger partial charge in [-0.25, -0.2) is 0 Å². The van der Waals surface area contributed by atoms with E-state index in [0.717, 1.165) is 64.2 Å². The number of amides is 1. The summed E-state index contributed by atoms with van der Waals surface area (Å²) < 4.78 is 0. The van der Waals surface area contributed by atoms with Gasteiger partial charge >= 0.3 is 0 Å². The molecule has 7 heteroatoms. The molecule has 1 rings (SSSR count). The summed E-state index contributed by atoms with van der Waals surface area (Å²) >= 11 is 0. The van der Waals surface area contributed by atoms with E-state index in [1.54, 1.807) is 0 Å². The zero-order valence-corrected chi connectivity index (χ0v) is 19.2. The smallest absolute Gasteiger partial charge is 0.220 e. The lowest BCUT2D eigenvalue weighted by atomic mass is 9.96. The van der Waals surface area contributed by atoms with E-state index in [-0.39, 0.29) is 35.8 Å². The predicted octanol–water partition coefficient (Wildman–Crippen LogP) is 2.70. The molecule has 1 unspecified atom stereocenters. The lowest BCUT2D eigenvalue weighted by molar-refractivity contribution is -0.123. The third-order valence-corrected chi connectivity index (χ3v) is 4.97. The Balaban J connectivity index is 0.00000625. The number of carbonyl (C=O) groups excluding carboxylic acids is 1. The van der Waals surface area contributed by atoms with Crippen molar-refractivity contribution in [2.24, 2.45) is 28.3 Å². The SMILES string of the molecule is CC(C)CCCC(C)NC(N)=NCCCCN1CCC(C(N)=O)CC1.I. The quantitative estimate of drug-likeness (QED) is 0.183. The van der Waals surface area contributed by atoms with Crippen molar-refractivity contribution < 1.29 is 4.79 Å². The summed E-state index contributed by atoms with van der Waals surface area (Å²) in [5.41, 5.74) is 11.3. The van der Waals surface area contributed by atoms with E-state index >= 15 is 0 Å². The van der Waals surface area contributed by atoms with Crippen molar-refractivity contribution >= 4 is 35.8 Å². The number of nitrogens with two attached hydrogens (primary N) is 2. The second-order valence-electron chi connectivity index (χ2n) is 7.86. The van der Waals surface area contributed by atoms with Crippen molar-refractivity contribution in [3.8, 4) is 0 Å². The molecule has 0 bridgehead atoms. The van der Waals surface area contributed by atoms with E-state index in [1.165, 1.54) is 12.8 Å². The van der Waals surface area contributed by atoms with Crippen LogP contribution in [-0.4, -0.2) is 49.0 Å². The van der Waals surface area contributed by atoms with Crippen LogP contribution in [0.4, 0.5) is 0 Å². The molecule has 26 heavy (non-hydrogen) atoms. The van der Waals surface area contributed by atoms with E-state index in [0.29, 0.717) is 12.0 Å². The summed E-state index contributed by atoms with van der Waals surface area (Å²) in [6, 6.07) is 0.383. The number of rotatable bonds is 11. The molecule has 1 atom stereocenters. The van der Waals surface area contributed by atoms with Gasteiger partial charge in [0.25, 0.3) is 0 Å². The Morgan fingerprint density at radius 1 is 1.12 bits per heavy atom. The third-order valence-electron chi connectivity index (χ3n) is 4.97.